The molecule has 0 aromatic heterocycles. The minimum absolute atomic E-state index is 0.128. The molecule has 1 fully saturated rings. The summed E-state index contributed by atoms with van der Waals surface area (Å²) >= 11 is 0. The molecule has 1 aliphatic carbocycles. The highest BCUT2D eigenvalue weighted by Crippen LogP contribution is 2.36. The van der Waals surface area contributed by atoms with Crippen LogP contribution in [0.4, 0.5) is 5.69 Å². The van der Waals surface area contributed by atoms with Crippen LogP contribution in [0.15, 0.2) is 78.2 Å². The fraction of sp³-hybridized carbons (Fsp3) is 0.382. The van der Waals surface area contributed by atoms with Gasteiger partial charge in [0.15, 0.2) is 0 Å². The molecule has 3 N–H and O–H groups in total. The monoisotopic (exact) mass is 540 g/mol. The lowest BCUT2D eigenvalue weighted by Crippen LogP contribution is -2.32. The van der Waals surface area contributed by atoms with Crippen LogP contribution in [-0.2, 0) is 0 Å². The molecule has 1 heterocycles. The molecule has 1 amide bonds. The summed E-state index contributed by atoms with van der Waals surface area (Å²) in [4.78, 5) is 16.1. The highest BCUT2D eigenvalue weighted by atomic mass is 16.5. The van der Waals surface area contributed by atoms with Gasteiger partial charge in [0, 0.05) is 47.8 Å². The Balaban J connectivity index is 1.69. The summed E-state index contributed by atoms with van der Waals surface area (Å²) in [6, 6.07) is 12.8. The number of dihydropyridines is 1. The van der Waals surface area contributed by atoms with Crippen LogP contribution in [0, 0.1) is 0 Å². The van der Waals surface area contributed by atoms with Gasteiger partial charge in [-0.25, -0.2) is 0 Å². The molecule has 40 heavy (non-hydrogen) atoms. The van der Waals surface area contributed by atoms with Crippen molar-refractivity contribution in [2.24, 2.45) is 0 Å². The van der Waals surface area contributed by atoms with Crippen molar-refractivity contribution < 1.29 is 9.53 Å². The second-order valence-corrected chi connectivity index (χ2v) is 10.8. The van der Waals surface area contributed by atoms with Crippen LogP contribution in [0.5, 0.6) is 5.75 Å². The predicted octanol–water partition coefficient (Wildman–Crippen LogP) is 6.43. The van der Waals surface area contributed by atoms with Crippen molar-refractivity contribution in [3.05, 3.63) is 89.3 Å². The Labute approximate surface area is 239 Å². The largest absolute Gasteiger partial charge is 0.494 e. The number of carbonyl (C=O) groups is 1. The number of nitrogens with one attached hydrogen (secondary N) is 3. The van der Waals surface area contributed by atoms with Gasteiger partial charge in [-0.2, -0.15) is 0 Å². The summed E-state index contributed by atoms with van der Waals surface area (Å²) in [5.41, 5.74) is 8.48. The van der Waals surface area contributed by atoms with Gasteiger partial charge in [-0.05, 0) is 99.3 Å². The first-order valence-corrected chi connectivity index (χ1v) is 14.4. The van der Waals surface area contributed by atoms with Crippen LogP contribution < -0.4 is 25.6 Å². The Bertz CT molecular complexity index is 1320. The number of allylic oxidation sites excluding steroid dienone is 3. The zero-order chi connectivity index (χ0) is 28.6. The average Bonchev–Trinajstić information content (AvgIpc) is 3.49. The van der Waals surface area contributed by atoms with Crippen molar-refractivity contribution in [2.45, 2.75) is 52.0 Å². The molecule has 0 spiro atoms. The minimum atomic E-state index is -0.128. The number of ether oxygens (including phenoxy) is 1. The van der Waals surface area contributed by atoms with Crippen LogP contribution in [0.2, 0.25) is 0 Å². The molecule has 0 saturated heterocycles. The summed E-state index contributed by atoms with van der Waals surface area (Å²) in [5, 5.41) is 9.59. The highest BCUT2D eigenvalue weighted by molar-refractivity contribution is 6.02. The van der Waals surface area contributed by atoms with E-state index in [1.165, 1.54) is 12.8 Å². The third kappa shape index (κ3) is 6.86. The number of nitrogens with zero attached hydrogens (tertiary/aromatic N) is 1. The molecule has 6 nitrogen and oxygen atoms in total. The van der Waals surface area contributed by atoms with E-state index in [1.54, 1.807) is 0 Å². The van der Waals surface area contributed by atoms with Gasteiger partial charge >= 0.3 is 0 Å². The maximum atomic E-state index is 13.8. The maximum Gasteiger partial charge on any atom is 0.252 e. The van der Waals surface area contributed by atoms with Gasteiger partial charge in [0.25, 0.3) is 5.91 Å². The smallest absolute Gasteiger partial charge is 0.252 e. The zero-order valence-electron chi connectivity index (χ0n) is 24.5. The van der Waals surface area contributed by atoms with Gasteiger partial charge in [0.05, 0.1) is 6.61 Å². The number of amides is 1. The van der Waals surface area contributed by atoms with Gasteiger partial charge in [-0.1, -0.05) is 44.2 Å². The summed E-state index contributed by atoms with van der Waals surface area (Å²) in [6.45, 7) is 14.3. The van der Waals surface area contributed by atoms with Crippen LogP contribution in [0.25, 0.3) is 17.2 Å². The third-order valence-electron chi connectivity index (χ3n) is 7.91. The molecule has 2 aromatic carbocycles. The molecule has 0 bridgehead atoms. The van der Waals surface area contributed by atoms with Crippen molar-refractivity contribution >= 4 is 17.7 Å². The lowest BCUT2D eigenvalue weighted by Gasteiger charge is -2.30. The average molecular weight is 541 g/mol. The van der Waals surface area contributed by atoms with Gasteiger partial charge in [-0.3, -0.25) is 4.79 Å². The molecule has 0 radical (unpaired) electrons. The lowest BCUT2D eigenvalue weighted by atomic mass is 9.95. The Morgan fingerprint density at radius 1 is 1.18 bits per heavy atom. The second kappa shape index (κ2) is 13.5. The Hall–Kier alpha value is -3.77. The van der Waals surface area contributed by atoms with Gasteiger partial charge in [0.1, 0.15) is 5.75 Å². The first kappa shape index (κ1) is 29.2. The number of rotatable bonds is 12. The number of benzene rings is 2. The summed E-state index contributed by atoms with van der Waals surface area (Å²) in [6.07, 6.45) is 9.61. The van der Waals surface area contributed by atoms with E-state index in [9.17, 15) is 4.79 Å². The first-order chi connectivity index (χ1) is 19.3. The van der Waals surface area contributed by atoms with E-state index in [1.807, 2.05) is 38.2 Å². The third-order valence-corrected chi connectivity index (χ3v) is 7.91. The van der Waals surface area contributed by atoms with E-state index < -0.39 is 0 Å². The van der Waals surface area contributed by atoms with E-state index in [0.29, 0.717) is 24.8 Å². The molecular formula is C34H44N4O2. The molecule has 1 saturated carbocycles. The molecule has 2 aromatic rings. The van der Waals surface area contributed by atoms with Gasteiger partial charge < -0.3 is 25.6 Å². The van der Waals surface area contributed by atoms with Gasteiger partial charge in [-0.15, -0.1) is 0 Å². The topological polar surface area (TPSA) is 65.6 Å². The van der Waals surface area contributed by atoms with Crippen molar-refractivity contribution in [1.29, 1.82) is 0 Å². The van der Waals surface area contributed by atoms with E-state index >= 15 is 0 Å². The van der Waals surface area contributed by atoms with Crippen LogP contribution in [0.3, 0.4) is 0 Å². The van der Waals surface area contributed by atoms with Gasteiger partial charge in [0.2, 0.25) is 0 Å². The van der Waals surface area contributed by atoms with E-state index in [0.717, 1.165) is 76.5 Å². The Morgan fingerprint density at radius 3 is 2.65 bits per heavy atom. The number of hydrogen-bond donors (Lipinski definition) is 3. The van der Waals surface area contributed by atoms with Crippen LogP contribution >= 0.6 is 0 Å². The quantitative estimate of drug-likeness (QED) is 0.271. The molecule has 1 aliphatic heterocycles. The van der Waals surface area contributed by atoms with Crippen LogP contribution in [0.1, 0.15) is 61.9 Å². The molecule has 212 valence electrons. The van der Waals surface area contributed by atoms with Crippen molar-refractivity contribution in [3.63, 3.8) is 0 Å². The zero-order valence-corrected chi connectivity index (χ0v) is 24.5. The van der Waals surface area contributed by atoms with Crippen molar-refractivity contribution in [1.82, 2.24) is 16.0 Å². The van der Waals surface area contributed by atoms with E-state index in [2.05, 4.69) is 72.3 Å². The standard InChI is InChI=1S/C34H44N4O2/c1-7-30-31(34(39)36-22-32-23(2)18-24(3)37-25(32)4)20-27(21-33(30)38(6)28-13-8-9-14-28)26-12-10-15-29(19-26)40-17-11-16-35-5/h7,10,12,15,18-21,28,35,37H,1,4,8-9,11,13-14,16-17,22H2,2-3,5-6H3,(H,36,39). The minimum Gasteiger partial charge on any atom is -0.494 e. The number of hydrogen-bond acceptors (Lipinski definition) is 5. The van der Waals surface area contributed by atoms with Crippen molar-refractivity contribution in [3.8, 4) is 16.9 Å². The molecule has 0 atom stereocenters. The van der Waals surface area contributed by atoms with E-state index in [-0.39, 0.29) is 5.91 Å². The lowest BCUT2D eigenvalue weighted by molar-refractivity contribution is 0.0957. The summed E-state index contributed by atoms with van der Waals surface area (Å²) < 4.78 is 6.02. The summed E-state index contributed by atoms with van der Waals surface area (Å²) in [7, 11) is 4.09. The second-order valence-electron chi connectivity index (χ2n) is 10.8. The molecule has 2 aliphatic rings. The fourth-order valence-electron chi connectivity index (χ4n) is 5.70. The SMILES string of the molecule is C=Cc1c(C(=O)NCC2=C(C)C=C(C)NC2=C)cc(-c2cccc(OCCCNC)c2)cc1N(C)C1CCCC1. The molecule has 4 rings (SSSR count). The molecule has 0 unspecified atom stereocenters. The molecular weight excluding hydrogens is 496 g/mol. The number of carbonyl (C=O) groups excluding carboxylic acids is 1. The van der Waals surface area contributed by atoms with Crippen molar-refractivity contribution in [2.75, 3.05) is 38.7 Å². The predicted molar refractivity (Wildman–Crippen MR) is 168 cm³/mol. The fourth-order valence-corrected chi connectivity index (χ4v) is 5.70. The first-order valence-electron chi connectivity index (χ1n) is 14.4. The Kier molecular flexibility index (Phi) is 9.88. The normalized spacial score (nSPS) is 15.5. The Morgan fingerprint density at radius 2 is 1.95 bits per heavy atom. The maximum absolute atomic E-state index is 13.8. The highest BCUT2D eigenvalue weighted by Gasteiger charge is 2.25. The summed E-state index contributed by atoms with van der Waals surface area (Å²) in [5.74, 6) is 0.698. The van der Waals surface area contributed by atoms with E-state index in [4.69, 9.17) is 4.74 Å². The number of anilines is 1. The molecule has 6 heteroatoms. The van der Waals surface area contributed by atoms with Crippen LogP contribution in [-0.4, -0.2) is 45.7 Å².